The van der Waals surface area contributed by atoms with Crippen LogP contribution in [0.1, 0.15) is 60.1 Å². The van der Waals surface area contributed by atoms with Crippen molar-refractivity contribution in [2.24, 2.45) is 0 Å². The van der Waals surface area contributed by atoms with Gasteiger partial charge in [-0.3, -0.25) is 24.1 Å². The second kappa shape index (κ2) is 8.77. The molecule has 0 N–H and O–H groups in total. The number of anilines is 2. The summed E-state index contributed by atoms with van der Waals surface area (Å²) in [5, 5.41) is 0. The van der Waals surface area contributed by atoms with Crippen molar-refractivity contribution < 1.29 is 19.2 Å². The number of carbonyl (C=O) groups excluding carboxylic acids is 4. The van der Waals surface area contributed by atoms with Crippen molar-refractivity contribution in [1.82, 2.24) is 0 Å². The van der Waals surface area contributed by atoms with E-state index in [1.165, 1.54) is 22.0 Å². The molecule has 2 aliphatic rings. The summed E-state index contributed by atoms with van der Waals surface area (Å²) in [6, 6.07) is 8.20. The second-order valence-corrected chi connectivity index (χ2v) is 8.69. The lowest BCUT2D eigenvalue weighted by molar-refractivity contribution is -0.122. The van der Waals surface area contributed by atoms with Crippen LogP contribution in [0.4, 0.5) is 11.4 Å². The van der Waals surface area contributed by atoms with E-state index in [9.17, 15) is 19.2 Å². The molecule has 4 rings (SSSR count). The first-order valence-electron chi connectivity index (χ1n) is 11.4. The van der Waals surface area contributed by atoms with Crippen LogP contribution in [0.15, 0.2) is 36.4 Å². The number of amides is 4. The van der Waals surface area contributed by atoms with Gasteiger partial charge in [-0.2, -0.15) is 0 Å². The monoisotopic (exact) mass is 444 g/mol. The molecule has 2 aromatic carbocycles. The smallest absolute Gasteiger partial charge is 0.258 e. The van der Waals surface area contributed by atoms with E-state index >= 15 is 0 Å². The molecule has 1 saturated heterocycles. The largest absolute Gasteiger partial charge is 0.274 e. The summed E-state index contributed by atoms with van der Waals surface area (Å²) in [5.41, 5.74) is 7.31. The molecular weight excluding hydrogens is 416 g/mol. The van der Waals surface area contributed by atoms with Gasteiger partial charge in [-0.15, -0.1) is 0 Å². The number of aryl methyl sites for hydroxylation is 4. The first kappa shape index (κ1) is 22.6. The molecule has 0 unspecified atom stereocenters. The average molecular weight is 445 g/mol. The van der Waals surface area contributed by atoms with Crippen LogP contribution in [0.25, 0.3) is 0 Å². The van der Waals surface area contributed by atoms with Crippen LogP contribution in [0, 0.1) is 13.8 Å². The Kier molecular flexibility index (Phi) is 6.02. The highest BCUT2D eigenvalue weighted by Gasteiger charge is 2.33. The molecule has 0 aromatic heterocycles. The molecule has 4 amide bonds. The van der Waals surface area contributed by atoms with Gasteiger partial charge >= 0.3 is 0 Å². The normalized spacial score (nSPS) is 16.0. The molecule has 1 fully saturated rings. The van der Waals surface area contributed by atoms with E-state index in [1.54, 1.807) is 0 Å². The molecule has 33 heavy (non-hydrogen) atoms. The molecule has 0 saturated carbocycles. The lowest BCUT2D eigenvalue weighted by Gasteiger charge is -2.23. The number of hydrogen-bond acceptors (Lipinski definition) is 4. The van der Waals surface area contributed by atoms with Crippen molar-refractivity contribution in [3.8, 4) is 0 Å². The van der Waals surface area contributed by atoms with Gasteiger partial charge in [0, 0.05) is 25.0 Å². The highest BCUT2D eigenvalue weighted by molar-refractivity contribution is 6.28. The summed E-state index contributed by atoms with van der Waals surface area (Å²) in [6.45, 7) is 7.91. The maximum atomic E-state index is 12.3. The molecule has 2 aliphatic heterocycles. The third-order valence-electron chi connectivity index (χ3n) is 6.36. The molecule has 2 heterocycles. The standard InChI is InChI=1S/C27H28N2O4/c1-5-20-14-18(11-16(3)26(20)28-22(30)7-8-23(28)31)13-19-12-17(4)27(21(6-2)15-19)29-24(32)9-10-25(29)33/h7-8,11-12,14-15H,5-6,9-10,13H2,1-4H3. The summed E-state index contributed by atoms with van der Waals surface area (Å²) in [6.07, 6.45) is 5.23. The van der Waals surface area contributed by atoms with Gasteiger partial charge in [0.25, 0.3) is 11.8 Å². The lowest BCUT2D eigenvalue weighted by Crippen LogP contribution is -2.31. The van der Waals surface area contributed by atoms with Crippen molar-refractivity contribution in [2.75, 3.05) is 9.80 Å². The Morgan fingerprint density at radius 3 is 1.52 bits per heavy atom. The number of hydrogen-bond donors (Lipinski definition) is 0. The fourth-order valence-corrected chi connectivity index (χ4v) is 4.93. The van der Waals surface area contributed by atoms with E-state index in [2.05, 4.69) is 12.1 Å². The molecule has 2 aromatic rings. The van der Waals surface area contributed by atoms with Crippen LogP contribution < -0.4 is 9.80 Å². The van der Waals surface area contributed by atoms with Gasteiger partial charge in [-0.25, -0.2) is 4.90 Å². The Labute approximate surface area is 193 Å². The van der Waals surface area contributed by atoms with Crippen LogP contribution in [0.5, 0.6) is 0 Å². The summed E-state index contributed by atoms with van der Waals surface area (Å²) in [5.74, 6) is -0.889. The molecule has 6 heteroatoms. The van der Waals surface area contributed by atoms with Crippen LogP contribution in [0.3, 0.4) is 0 Å². The van der Waals surface area contributed by atoms with Crippen molar-refractivity contribution >= 4 is 35.0 Å². The number of carbonyl (C=O) groups is 4. The van der Waals surface area contributed by atoms with Gasteiger partial charge in [-0.05, 0) is 66.5 Å². The van der Waals surface area contributed by atoms with Gasteiger partial charge in [0.2, 0.25) is 11.8 Å². The molecule has 0 spiro atoms. The maximum Gasteiger partial charge on any atom is 0.258 e. The van der Waals surface area contributed by atoms with Crippen molar-refractivity contribution in [1.29, 1.82) is 0 Å². The average Bonchev–Trinajstić information content (AvgIpc) is 3.28. The molecule has 6 nitrogen and oxygen atoms in total. The zero-order valence-electron chi connectivity index (χ0n) is 19.5. The third kappa shape index (κ3) is 4.01. The van der Waals surface area contributed by atoms with Gasteiger partial charge < -0.3 is 0 Å². The second-order valence-electron chi connectivity index (χ2n) is 8.69. The number of rotatable bonds is 6. The van der Waals surface area contributed by atoms with Gasteiger partial charge in [0.15, 0.2) is 0 Å². The number of benzene rings is 2. The SMILES string of the molecule is CCc1cc(Cc2cc(C)c(N3C(=O)CCC3=O)c(CC)c2)cc(C)c1N1C(=O)C=CC1=O. The van der Waals surface area contributed by atoms with Gasteiger partial charge in [0.05, 0.1) is 11.4 Å². The van der Waals surface area contributed by atoms with E-state index in [0.29, 0.717) is 24.9 Å². The summed E-state index contributed by atoms with van der Waals surface area (Å²) < 4.78 is 0. The summed E-state index contributed by atoms with van der Waals surface area (Å²) >= 11 is 0. The van der Waals surface area contributed by atoms with E-state index in [-0.39, 0.29) is 36.5 Å². The molecule has 0 bridgehead atoms. The minimum Gasteiger partial charge on any atom is -0.274 e. The molecule has 0 radical (unpaired) electrons. The first-order chi connectivity index (χ1) is 15.7. The third-order valence-corrected chi connectivity index (χ3v) is 6.36. The fourth-order valence-electron chi connectivity index (χ4n) is 4.93. The van der Waals surface area contributed by atoms with Crippen molar-refractivity contribution in [3.05, 3.63) is 69.8 Å². The van der Waals surface area contributed by atoms with E-state index in [1.807, 2.05) is 39.8 Å². The molecule has 0 aliphatic carbocycles. The quantitative estimate of drug-likeness (QED) is 0.629. The van der Waals surface area contributed by atoms with E-state index in [4.69, 9.17) is 0 Å². The summed E-state index contributed by atoms with van der Waals surface area (Å²) in [4.78, 5) is 51.7. The Morgan fingerprint density at radius 2 is 1.09 bits per heavy atom. The van der Waals surface area contributed by atoms with E-state index in [0.717, 1.165) is 39.1 Å². The number of nitrogens with zero attached hydrogens (tertiary/aromatic N) is 2. The Morgan fingerprint density at radius 1 is 0.667 bits per heavy atom. The van der Waals surface area contributed by atoms with Crippen LogP contribution in [-0.2, 0) is 38.4 Å². The highest BCUT2D eigenvalue weighted by atomic mass is 16.2. The predicted octanol–water partition coefficient (Wildman–Crippen LogP) is 4.10. The fraction of sp³-hybridized carbons (Fsp3) is 0.333. The van der Waals surface area contributed by atoms with Crippen molar-refractivity contribution in [3.63, 3.8) is 0 Å². The Hall–Kier alpha value is -3.54. The minimum absolute atomic E-state index is 0.134. The van der Waals surface area contributed by atoms with Crippen LogP contribution in [0.2, 0.25) is 0 Å². The zero-order chi connectivity index (χ0) is 23.9. The highest BCUT2D eigenvalue weighted by Crippen LogP contribution is 2.34. The Bertz CT molecular complexity index is 1130. The number of imide groups is 2. The molecule has 170 valence electrons. The topological polar surface area (TPSA) is 74.8 Å². The predicted molar refractivity (Wildman–Crippen MR) is 127 cm³/mol. The summed E-state index contributed by atoms with van der Waals surface area (Å²) in [7, 11) is 0. The Balaban J connectivity index is 1.70. The molecule has 0 atom stereocenters. The van der Waals surface area contributed by atoms with Gasteiger partial charge in [-0.1, -0.05) is 38.1 Å². The van der Waals surface area contributed by atoms with Crippen molar-refractivity contribution in [2.45, 2.75) is 59.8 Å². The first-order valence-corrected chi connectivity index (χ1v) is 11.4. The minimum atomic E-state index is -0.310. The van der Waals surface area contributed by atoms with E-state index < -0.39 is 0 Å². The van der Waals surface area contributed by atoms with Crippen LogP contribution >= 0.6 is 0 Å². The van der Waals surface area contributed by atoms with Gasteiger partial charge in [0.1, 0.15) is 0 Å². The molecular formula is C27H28N2O4. The zero-order valence-corrected chi connectivity index (χ0v) is 19.5. The van der Waals surface area contributed by atoms with Crippen LogP contribution in [-0.4, -0.2) is 23.6 Å². The lowest BCUT2D eigenvalue weighted by atomic mass is 9.93. The maximum absolute atomic E-state index is 12.3.